The highest BCUT2D eigenvalue weighted by atomic mass is 16.3. The summed E-state index contributed by atoms with van der Waals surface area (Å²) in [5.41, 5.74) is 8.11. The zero-order valence-corrected chi connectivity index (χ0v) is 6.54. The van der Waals surface area contributed by atoms with Gasteiger partial charge in [-0.15, -0.1) is 0 Å². The van der Waals surface area contributed by atoms with Gasteiger partial charge in [-0.1, -0.05) is 0 Å². The monoisotopic (exact) mass is 152 g/mol. The Morgan fingerprint density at radius 3 is 2.82 bits per heavy atom. The molecule has 3 N–H and O–H groups in total. The highest BCUT2D eigenvalue weighted by molar-refractivity contribution is 5.27. The first-order valence-electron chi connectivity index (χ1n) is 3.54. The average Bonchev–Trinajstić information content (AvgIpc) is 2.04. The largest absolute Gasteiger partial charge is 0.392 e. The number of aliphatic hydroxyl groups excluding tert-OH is 1. The van der Waals surface area contributed by atoms with Crippen molar-refractivity contribution in [2.75, 3.05) is 0 Å². The molecule has 0 aliphatic heterocycles. The van der Waals surface area contributed by atoms with Crippen molar-refractivity contribution in [1.29, 1.82) is 0 Å². The van der Waals surface area contributed by atoms with Gasteiger partial charge in [-0.05, 0) is 18.6 Å². The quantitative estimate of drug-likeness (QED) is 0.642. The summed E-state index contributed by atoms with van der Waals surface area (Å²) in [5.74, 6) is 0. The van der Waals surface area contributed by atoms with Crippen LogP contribution in [-0.2, 0) is 13.2 Å². The number of aryl methyl sites for hydroxylation is 1. The Morgan fingerprint density at radius 1 is 1.64 bits per heavy atom. The van der Waals surface area contributed by atoms with E-state index in [4.69, 9.17) is 10.8 Å². The lowest BCUT2D eigenvalue weighted by Crippen LogP contribution is -2.05. The van der Waals surface area contributed by atoms with Crippen LogP contribution in [-0.4, -0.2) is 10.1 Å². The van der Waals surface area contributed by atoms with E-state index in [0.717, 1.165) is 16.8 Å². The molecule has 0 amide bonds. The third-order valence-electron chi connectivity index (χ3n) is 1.73. The molecule has 0 saturated carbocycles. The number of nitrogens with two attached hydrogens (primary N) is 1. The molecule has 0 bridgehead atoms. The normalized spacial score (nSPS) is 10.1. The SMILES string of the molecule is Cc1ccnc(CN)c1CO. The van der Waals surface area contributed by atoms with Crippen LogP contribution in [0.4, 0.5) is 0 Å². The van der Waals surface area contributed by atoms with Crippen molar-refractivity contribution in [2.24, 2.45) is 5.73 Å². The number of aliphatic hydroxyl groups is 1. The lowest BCUT2D eigenvalue weighted by atomic mass is 10.1. The molecule has 0 atom stereocenters. The van der Waals surface area contributed by atoms with E-state index in [1.165, 1.54) is 0 Å². The summed E-state index contributed by atoms with van der Waals surface area (Å²) in [6.45, 7) is 2.34. The van der Waals surface area contributed by atoms with Crippen molar-refractivity contribution >= 4 is 0 Å². The molecule has 60 valence electrons. The van der Waals surface area contributed by atoms with E-state index in [-0.39, 0.29) is 6.61 Å². The second-order valence-corrected chi connectivity index (χ2v) is 2.42. The summed E-state index contributed by atoms with van der Waals surface area (Å²) in [6, 6.07) is 1.87. The van der Waals surface area contributed by atoms with Crippen LogP contribution in [0.2, 0.25) is 0 Å². The zero-order valence-electron chi connectivity index (χ0n) is 6.54. The Labute approximate surface area is 65.9 Å². The van der Waals surface area contributed by atoms with Gasteiger partial charge >= 0.3 is 0 Å². The Kier molecular flexibility index (Phi) is 2.57. The van der Waals surface area contributed by atoms with Gasteiger partial charge in [0.2, 0.25) is 0 Å². The van der Waals surface area contributed by atoms with Gasteiger partial charge in [0.25, 0.3) is 0 Å². The van der Waals surface area contributed by atoms with E-state index in [2.05, 4.69) is 4.98 Å². The molecule has 1 aromatic heterocycles. The third kappa shape index (κ3) is 1.56. The molecule has 0 aliphatic rings. The zero-order chi connectivity index (χ0) is 8.27. The molecule has 0 unspecified atom stereocenters. The molecule has 0 fully saturated rings. The standard InChI is InChI=1S/C8H12N2O/c1-6-2-3-10-8(4-9)7(6)5-11/h2-3,11H,4-5,9H2,1H3. The number of pyridine rings is 1. The van der Waals surface area contributed by atoms with Crippen LogP contribution < -0.4 is 5.73 Å². The summed E-state index contributed by atoms with van der Waals surface area (Å²) >= 11 is 0. The number of nitrogens with zero attached hydrogens (tertiary/aromatic N) is 1. The van der Waals surface area contributed by atoms with Gasteiger partial charge in [-0.2, -0.15) is 0 Å². The first kappa shape index (κ1) is 8.17. The van der Waals surface area contributed by atoms with Gasteiger partial charge in [-0.25, -0.2) is 0 Å². The van der Waals surface area contributed by atoms with Crippen molar-refractivity contribution < 1.29 is 5.11 Å². The van der Waals surface area contributed by atoms with Crippen LogP contribution >= 0.6 is 0 Å². The summed E-state index contributed by atoms with van der Waals surface area (Å²) in [5, 5.41) is 8.93. The average molecular weight is 152 g/mol. The van der Waals surface area contributed by atoms with Crippen LogP contribution in [0, 0.1) is 6.92 Å². The van der Waals surface area contributed by atoms with Gasteiger partial charge in [-0.3, -0.25) is 4.98 Å². The van der Waals surface area contributed by atoms with Gasteiger partial charge in [0.05, 0.1) is 12.3 Å². The maximum Gasteiger partial charge on any atom is 0.0702 e. The summed E-state index contributed by atoms with van der Waals surface area (Å²) in [4.78, 5) is 4.04. The fraction of sp³-hybridized carbons (Fsp3) is 0.375. The molecule has 11 heavy (non-hydrogen) atoms. The van der Waals surface area contributed by atoms with Crippen LogP contribution in [0.25, 0.3) is 0 Å². The van der Waals surface area contributed by atoms with Crippen LogP contribution in [0.15, 0.2) is 12.3 Å². The molecule has 0 radical (unpaired) electrons. The number of hydrogen-bond acceptors (Lipinski definition) is 3. The molecule has 1 rings (SSSR count). The molecule has 3 nitrogen and oxygen atoms in total. The highest BCUT2D eigenvalue weighted by Crippen LogP contribution is 2.10. The second kappa shape index (κ2) is 3.46. The summed E-state index contributed by atoms with van der Waals surface area (Å²) < 4.78 is 0. The maximum absolute atomic E-state index is 8.93. The lowest BCUT2D eigenvalue weighted by molar-refractivity contribution is 0.279. The first-order valence-corrected chi connectivity index (χ1v) is 3.54. The van der Waals surface area contributed by atoms with E-state index in [1.807, 2.05) is 13.0 Å². The fourth-order valence-electron chi connectivity index (χ4n) is 1.04. The van der Waals surface area contributed by atoms with Crippen LogP contribution in [0.3, 0.4) is 0 Å². The molecule has 0 aromatic carbocycles. The number of aromatic nitrogens is 1. The first-order chi connectivity index (χ1) is 5.29. The lowest BCUT2D eigenvalue weighted by Gasteiger charge is -2.05. The molecule has 1 aromatic rings. The summed E-state index contributed by atoms with van der Waals surface area (Å²) in [7, 11) is 0. The van der Waals surface area contributed by atoms with Crippen molar-refractivity contribution in [1.82, 2.24) is 4.98 Å². The molecule has 3 heteroatoms. The van der Waals surface area contributed by atoms with Crippen LogP contribution in [0.1, 0.15) is 16.8 Å². The van der Waals surface area contributed by atoms with Crippen LogP contribution in [0.5, 0.6) is 0 Å². The summed E-state index contributed by atoms with van der Waals surface area (Å²) in [6.07, 6.45) is 1.71. The van der Waals surface area contributed by atoms with E-state index >= 15 is 0 Å². The topological polar surface area (TPSA) is 59.1 Å². The molecule has 0 saturated heterocycles. The number of hydrogen-bond donors (Lipinski definition) is 2. The third-order valence-corrected chi connectivity index (χ3v) is 1.73. The minimum Gasteiger partial charge on any atom is -0.392 e. The van der Waals surface area contributed by atoms with E-state index in [1.54, 1.807) is 6.20 Å². The van der Waals surface area contributed by atoms with Crippen molar-refractivity contribution in [3.8, 4) is 0 Å². The number of rotatable bonds is 2. The fourth-order valence-corrected chi connectivity index (χ4v) is 1.04. The van der Waals surface area contributed by atoms with E-state index in [0.29, 0.717) is 6.54 Å². The highest BCUT2D eigenvalue weighted by Gasteiger charge is 2.02. The Bertz CT molecular complexity index is 248. The van der Waals surface area contributed by atoms with Gasteiger partial charge in [0.1, 0.15) is 0 Å². The van der Waals surface area contributed by atoms with Gasteiger partial charge < -0.3 is 10.8 Å². The Hall–Kier alpha value is -0.930. The van der Waals surface area contributed by atoms with Crippen molar-refractivity contribution in [2.45, 2.75) is 20.1 Å². The smallest absolute Gasteiger partial charge is 0.0702 e. The molecule has 1 heterocycles. The van der Waals surface area contributed by atoms with Gasteiger partial charge in [0, 0.05) is 18.3 Å². The van der Waals surface area contributed by atoms with E-state index in [9.17, 15) is 0 Å². The Balaban J connectivity index is 3.13. The minimum absolute atomic E-state index is 0.0200. The maximum atomic E-state index is 8.93. The molecule has 0 aliphatic carbocycles. The van der Waals surface area contributed by atoms with E-state index < -0.39 is 0 Å². The molecular formula is C8H12N2O. The van der Waals surface area contributed by atoms with Gasteiger partial charge in [0.15, 0.2) is 0 Å². The molecular weight excluding hydrogens is 140 g/mol. The predicted molar refractivity (Wildman–Crippen MR) is 42.8 cm³/mol. The minimum atomic E-state index is 0.0200. The van der Waals surface area contributed by atoms with Crippen molar-refractivity contribution in [3.05, 3.63) is 29.1 Å². The Morgan fingerprint density at radius 2 is 2.36 bits per heavy atom. The van der Waals surface area contributed by atoms with Crippen molar-refractivity contribution in [3.63, 3.8) is 0 Å². The predicted octanol–water partition coefficient (Wildman–Crippen LogP) is 0.341. The molecule has 0 spiro atoms. The second-order valence-electron chi connectivity index (χ2n) is 2.42.